The molecular formula is C19H18BrNO4. The van der Waals surface area contributed by atoms with Crippen LogP contribution in [0.2, 0.25) is 0 Å². The van der Waals surface area contributed by atoms with Gasteiger partial charge in [0, 0.05) is 21.8 Å². The molecule has 0 unspecified atom stereocenters. The average Bonchev–Trinajstić information content (AvgIpc) is 2.62. The first-order chi connectivity index (χ1) is 12.0. The van der Waals surface area contributed by atoms with Gasteiger partial charge in [-0.15, -0.1) is 0 Å². The number of carbonyl (C=O) groups is 2. The zero-order valence-corrected chi connectivity index (χ0v) is 15.4. The number of amides is 1. The van der Waals surface area contributed by atoms with Gasteiger partial charge >= 0.3 is 5.97 Å². The van der Waals surface area contributed by atoms with E-state index in [0.717, 1.165) is 10.0 Å². The van der Waals surface area contributed by atoms with Crippen LogP contribution in [0.15, 0.2) is 59.1 Å². The summed E-state index contributed by atoms with van der Waals surface area (Å²) in [7, 11) is 1.56. The molecule has 6 heteroatoms. The van der Waals surface area contributed by atoms with E-state index in [1.807, 2.05) is 30.3 Å². The number of benzene rings is 2. The molecule has 2 aromatic carbocycles. The first-order valence-electron chi connectivity index (χ1n) is 7.57. The van der Waals surface area contributed by atoms with Crippen LogP contribution < -0.4 is 10.1 Å². The van der Waals surface area contributed by atoms with Gasteiger partial charge in [-0.2, -0.15) is 0 Å². The molecule has 1 amide bonds. The number of nitrogens with one attached hydrogen (secondary N) is 1. The molecule has 0 spiro atoms. The fourth-order valence-corrected chi connectivity index (χ4v) is 2.27. The van der Waals surface area contributed by atoms with Gasteiger partial charge in [-0.05, 0) is 43.3 Å². The van der Waals surface area contributed by atoms with Crippen molar-refractivity contribution in [3.05, 3.63) is 64.6 Å². The quantitative estimate of drug-likeness (QED) is 0.583. The lowest BCUT2D eigenvalue weighted by Gasteiger charge is -2.12. The Morgan fingerprint density at radius 2 is 1.80 bits per heavy atom. The second kappa shape index (κ2) is 9.03. The molecule has 0 bridgehead atoms. The number of rotatable bonds is 6. The molecule has 5 nitrogen and oxygen atoms in total. The highest BCUT2D eigenvalue weighted by molar-refractivity contribution is 9.10. The minimum absolute atomic E-state index is 0.402. The first kappa shape index (κ1) is 18.7. The number of ether oxygens (including phenoxy) is 2. The van der Waals surface area contributed by atoms with Crippen molar-refractivity contribution < 1.29 is 19.1 Å². The van der Waals surface area contributed by atoms with Crippen LogP contribution in [0.1, 0.15) is 12.5 Å². The van der Waals surface area contributed by atoms with Gasteiger partial charge in [0.15, 0.2) is 6.10 Å². The summed E-state index contributed by atoms with van der Waals surface area (Å²) < 4.78 is 11.2. The van der Waals surface area contributed by atoms with Crippen LogP contribution in [0.5, 0.6) is 5.75 Å². The summed E-state index contributed by atoms with van der Waals surface area (Å²) in [5.74, 6) is -0.363. The van der Waals surface area contributed by atoms with Crippen LogP contribution >= 0.6 is 15.9 Å². The molecule has 0 aromatic heterocycles. The predicted molar refractivity (Wildman–Crippen MR) is 100 cm³/mol. The number of para-hydroxylation sites is 1. The molecule has 0 radical (unpaired) electrons. The van der Waals surface area contributed by atoms with E-state index in [2.05, 4.69) is 21.2 Å². The van der Waals surface area contributed by atoms with E-state index in [1.165, 1.54) is 13.0 Å². The van der Waals surface area contributed by atoms with E-state index in [0.29, 0.717) is 11.4 Å². The maximum atomic E-state index is 12.1. The van der Waals surface area contributed by atoms with Crippen molar-refractivity contribution in [1.29, 1.82) is 0 Å². The molecule has 0 heterocycles. The molecule has 0 aliphatic heterocycles. The van der Waals surface area contributed by atoms with Crippen molar-refractivity contribution >= 4 is 39.6 Å². The summed E-state index contributed by atoms with van der Waals surface area (Å²) in [5.41, 5.74) is 1.37. The summed E-state index contributed by atoms with van der Waals surface area (Å²) in [6.07, 6.45) is 1.93. The fraction of sp³-hybridized carbons (Fsp3) is 0.158. The Morgan fingerprint density at radius 1 is 1.12 bits per heavy atom. The van der Waals surface area contributed by atoms with Crippen LogP contribution in [0.25, 0.3) is 6.08 Å². The van der Waals surface area contributed by atoms with Gasteiger partial charge in [0.1, 0.15) is 5.75 Å². The summed E-state index contributed by atoms with van der Waals surface area (Å²) in [5, 5.41) is 2.69. The van der Waals surface area contributed by atoms with Gasteiger partial charge in [-0.3, -0.25) is 4.79 Å². The van der Waals surface area contributed by atoms with Gasteiger partial charge in [0.2, 0.25) is 0 Å². The van der Waals surface area contributed by atoms with Gasteiger partial charge in [-0.25, -0.2) is 4.79 Å². The highest BCUT2D eigenvalue weighted by Gasteiger charge is 2.16. The van der Waals surface area contributed by atoms with Crippen molar-refractivity contribution in [2.24, 2.45) is 0 Å². The van der Waals surface area contributed by atoms with E-state index < -0.39 is 18.0 Å². The van der Waals surface area contributed by atoms with E-state index in [9.17, 15) is 9.59 Å². The molecule has 0 aliphatic rings. The number of hydrogen-bond acceptors (Lipinski definition) is 4. The van der Waals surface area contributed by atoms with Gasteiger partial charge in [0.25, 0.3) is 5.91 Å². The molecule has 0 saturated carbocycles. The van der Waals surface area contributed by atoms with Crippen molar-refractivity contribution in [2.45, 2.75) is 13.0 Å². The van der Waals surface area contributed by atoms with Crippen molar-refractivity contribution in [3.8, 4) is 5.75 Å². The maximum absolute atomic E-state index is 12.1. The third-order valence-electron chi connectivity index (χ3n) is 3.31. The largest absolute Gasteiger partial charge is 0.496 e. The maximum Gasteiger partial charge on any atom is 0.331 e. The zero-order valence-electron chi connectivity index (χ0n) is 13.9. The number of anilines is 1. The third-order valence-corrected chi connectivity index (χ3v) is 3.84. The average molecular weight is 404 g/mol. The van der Waals surface area contributed by atoms with Crippen LogP contribution in [0.3, 0.4) is 0 Å². The monoisotopic (exact) mass is 403 g/mol. The van der Waals surface area contributed by atoms with E-state index >= 15 is 0 Å². The topological polar surface area (TPSA) is 64.6 Å². The van der Waals surface area contributed by atoms with E-state index in [-0.39, 0.29) is 0 Å². The van der Waals surface area contributed by atoms with Crippen molar-refractivity contribution in [2.75, 3.05) is 12.4 Å². The molecule has 1 atom stereocenters. The standard InChI is InChI=1S/C19H18BrNO4/c1-13(19(23)21-16-10-8-15(20)9-11-16)25-18(22)12-7-14-5-3-4-6-17(14)24-2/h3-13H,1-2H3,(H,21,23)/b12-7+/t13-/m1/s1. The molecule has 0 saturated heterocycles. The van der Waals surface area contributed by atoms with Crippen molar-refractivity contribution in [1.82, 2.24) is 0 Å². The normalized spacial score (nSPS) is 11.8. The van der Waals surface area contributed by atoms with Crippen molar-refractivity contribution in [3.63, 3.8) is 0 Å². The second-order valence-corrected chi connectivity index (χ2v) is 6.07. The number of carbonyl (C=O) groups excluding carboxylic acids is 2. The van der Waals surface area contributed by atoms with Gasteiger partial charge < -0.3 is 14.8 Å². The fourth-order valence-electron chi connectivity index (χ4n) is 2.01. The minimum atomic E-state index is -0.918. The van der Waals surface area contributed by atoms with Crippen LogP contribution in [0, 0.1) is 0 Å². The van der Waals surface area contributed by atoms with E-state index in [4.69, 9.17) is 9.47 Å². The SMILES string of the molecule is COc1ccccc1/C=C/C(=O)O[C@H](C)C(=O)Nc1ccc(Br)cc1. The van der Waals surface area contributed by atoms with Crippen LogP contribution in [0.4, 0.5) is 5.69 Å². The van der Waals surface area contributed by atoms with E-state index in [1.54, 1.807) is 31.4 Å². The molecule has 130 valence electrons. The highest BCUT2D eigenvalue weighted by atomic mass is 79.9. The highest BCUT2D eigenvalue weighted by Crippen LogP contribution is 2.19. The Hall–Kier alpha value is -2.60. The Morgan fingerprint density at radius 3 is 2.48 bits per heavy atom. The summed E-state index contributed by atoms with van der Waals surface area (Å²) in [6, 6.07) is 14.4. The molecule has 0 aliphatic carbocycles. The smallest absolute Gasteiger partial charge is 0.331 e. The minimum Gasteiger partial charge on any atom is -0.496 e. The zero-order chi connectivity index (χ0) is 18.2. The number of halogens is 1. The lowest BCUT2D eigenvalue weighted by molar-refractivity contribution is -0.148. The van der Waals surface area contributed by atoms with Crippen LogP contribution in [-0.2, 0) is 14.3 Å². The number of hydrogen-bond donors (Lipinski definition) is 1. The van der Waals surface area contributed by atoms with Gasteiger partial charge in [-0.1, -0.05) is 34.1 Å². The lowest BCUT2D eigenvalue weighted by Crippen LogP contribution is -2.29. The Kier molecular flexibility index (Phi) is 6.77. The molecule has 2 rings (SSSR count). The second-order valence-electron chi connectivity index (χ2n) is 5.15. The number of methoxy groups -OCH3 is 1. The molecule has 1 N–H and O–H groups in total. The number of esters is 1. The molecule has 0 fully saturated rings. The Labute approximate surface area is 154 Å². The summed E-state index contributed by atoms with van der Waals surface area (Å²) in [4.78, 5) is 24.0. The molecule has 25 heavy (non-hydrogen) atoms. The molecule has 2 aromatic rings. The first-order valence-corrected chi connectivity index (χ1v) is 8.37. The third kappa shape index (κ3) is 5.76. The Bertz CT molecular complexity index is 771. The summed E-state index contributed by atoms with van der Waals surface area (Å²) in [6.45, 7) is 1.52. The Balaban J connectivity index is 1.91. The summed E-state index contributed by atoms with van der Waals surface area (Å²) >= 11 is 3.32. The molecular weight excluding hydrogens is 386 g/mol. The lowest BCUT2D eigenvalue weighted by atomic mass is 10.2. The van der Waals surface area contributed by atoms with Crippen LogP contribution in [-0.4, -0.2) is 25.1 Å². The van der Waals surface area contributed by atoms with Gasteiger partial charge in [0.05, 0.1) is 7.11 Å². The predicted octanol–water partition coefficient (Wildman–Crippen LogP) is 4.04.